The number of hydrogen-bond acceptors (Lipinski definition) is 3. The molecule has 2 amide bonds. The maximum Gasteiger partial charge on any atom is 0.262 e. The molecule has 2 N–H and O–H groups in total. The third kappa shape index (κ3) is 4.05. The van der Waals surface area contributed by atoms with Gasteiger partial charge in [0.05, 0.1) is 16.4 Å². The molecule has 1 aromatic rings. The van der Waals surface area contributed by atoms with Gasteiger partial charge in [0, 0.05) is 6.07 Å². The van der Waals surface area contributed by atoms with E-state index in [4.69, 9.17) is 16.3 Å². The number of halogens is 1. The van der Waals surface area contributed by atoms with Crippen LogP contribution in [0.4, 0.5) is 11.4 Å². The predicted molar refractivity (Wildman–Crippen MR) is 89.9 cm³/mol. The Balaban J connectivity index is 1.66. The molecule has 1 saturated carbocycles. The molecule has 0 saturated heterocycles. The van der Waals surface area contributed by atoms with Gasteiger partial charge < -0.3 is 15.4 Å². The molecule has 122 valence electrons. The smallest absolute Gasteiger partial charge is 0.262 e. The highest BCUT2D eigenvalue weighted by Gasteiger charge is 2.18. The Bertz CT molecular complexity index is 651. The van der Waals surface area contributed by atoms with Crippen LogP contribution in [0.15, 0.2) is 24.3 Å². The van der Waals surface area contributed by atoms with E-state index in [0.29, 0.717) is 28.1 Å². The summed E-state index contributed by atoms with van der Waals surface area (Å²) in [4.78, 5) is 23.3. The van der Waals surface area contributed by atoms with Crippen molar-refractivity contribution in [2.45, 2.75) is 32.1 Å². The maximum atomic E-state index is 12.1. The topological polar surface area (TPSA) is 67.4 Å². The van der Waals surface area contributed by atoms with Crippen molar-refractivity contribution in [3.05, 3.63) is 29.3 Å². The number of allylic oxidation sites excluding steroid dienone is 1. The minimum atomic E-state index is -0.222. The second kappa shape index (κ2) is 7.04. The number of hydrogen-bond donors (Lipinski definition) is 2. The number of benzene rings is 1. The quantitative estimate of drug-likeness (QED) is 0.827. The number of amides is 2. The number of nitrogens with one attached hydrogen (secondary N) is 2. The molecule has 0 bridgehead atoms. The molecule has 1 heterocycles. The molecular formula is C17H19ClN2O3. The zero-order valence-electron chi connectivity index (χ0n) is 12.7. The lowest BCUT2D eigenvalue weighted by Crippen LogP contribution is -2.25. The number of anilines is 2. The van der Waals surface area contributed by atoms with Crippen molar-refractivity contribution in [2.75, 3.05) is 17.2 Å². The first-order valence-electron chi connectivity index (χ1n) is 7.87. The van der Waals surface area contributed by atoms with Crippen LogP contribution in [-0.4, -0.2) is 18.4 Å². The van der Waals surface area contributed by atoms with Crippen LogP contribution in [0.5, 0.6) is 5.75 Å². The Labute approximate surface area is 140 Å². The summed E-state index contributed by atoms with van der Waals surface area (Å²) in [5, 5.41) is 5.79. The molecule has 0 atom stereocenters. The van der Waals surface area contributed by atoms with Gasteiger partial charge >= 0.3 is 0 Å². The first kappa shape index (κ1) is 15.9. The van der Waals surface area contributed by atoms with Crippen LogP contribution in [0.3, 0.4) is 0 Å². The Hall–Kier alpha value is -2.01. The van der Waals surface area contributed by atoms with Gasteiger partial charge in [-0.25, -0.2) is 0 Å². The molecule has 5 nitrogen and oxygen atoms in total. The Kier molecular flexibility index (Phi) is 4.86. The van der Waals surface area contributed by atoms with Crippen molar-refractivity contribution in [1.29, 1.82) is 0 Å². The second-order valence-corrected chi connectivity index (χ2v) is 6.32. The van der Waals surface area contributed by atoms with Gasteiger partial charge in [0.25, 0.3) is 5.91 Å². The summed E-state index contributed by atoms with van der Waals surface area (Å²) in [7, 11) is 0. The van der Waals surface area contributed by atoms with E-state index < -0.39 is 0 Å². The van der Waals surface area contributed by atoms with E-state index in [2.05, 4.69) is 10.6 Å². The van der Waals surface area contributed by atoms with Crippen LogP contribution in [0, 0.1) is 5.92 Å². The highest BCUT2D eigenvalue weighted by molar-refractivity contribution is 6.34. The van der Waals surface area contributed by atoms with Crippen LogP contribution < -0.4 is 15.4 Å². The maximum absolute atomic E-state index is 12.1. The van der Waals surface area contributed by atoms with Gasteiger partial charge in [-0.15, -0.1) is 0 Å². The summed E-state index contributed by atoms with van der Waals surface area (Å²) in [6.45, 7) is -0.0381. The predicted octanol–water partition coefficient (Wildman–Crippen LogP) is 3.75. The monoisotopic (exact) mass is 334 g/mol. The van der Waals surface area contributed by atoms with Crippen molar-refractivity contribution in [3.63, 3.8) is 0 Å². The van der Waals surface area contributed by atoms with E-state index in [0.717, 1.165) is 12.8 Å². The SMILES string of the molecule is O=C(/C=C/C1CCCCC1)Nc1cc2c(cc1Cl)NC(=O)CO2. The molecule has 1 fully saturated rings. The van der Waals surface area contributed by atoms with Crippen LogP contribution in [-0.2, 0) is 9.59 Å². The van der Waals surface area contributed by atoms with Gasteiger partial charge in [0.1, 0.15) is 5.75 Å². The van der Waals surface area contributed by atoms with Gasteiger partial charge in [0.2, 0.25) is 5.91 Å². The van der Waals surface area contributed by atoms with Crippen molar-refractivity contribution < 1.29 is 14.3 Å². The molecule has 1 aliphatic heterocycles. The third-order valence-corrected chi connectivity index (χ3v) is 4.44. The molecule has 2 aliphatic rings. The highest BCUT2D eigenvalue weighted by atomic mass is 35.5. The number of fused-ring (bicyclic) bond motifs is 1. The average Bonchev–Trinajstić information content (AvgIpc) is 2.55. The summed E-state index contributed by atoms with van der Waals surface area (Å²) in [6.07, 6.45) is 9.62. The number of ether oxygens (including phenoxy) is 1. The van der Waals surface area contributed by atoms with Crippen molar-refractivity contribution in [2.24, 2.45) is 5.92 Å². The van der Waals surface area contributed by atoms with Crippen LogP contribution in [0.25, 0.3) is 0 Å². The second-order valence-electron chi connectivity index (χ2n) is 5.91. The summed E-state index contributed by atoms with van der Waals surface area (Å²) < 4.78 is 5.33. The van der Waals surface area contributed by atoms with Gasteiger partial charge in [-0.1, -0.05) is 36.9 Å². The lowest BCUT2D eigenvalue weighted by molar-refractivity contribution is -0.118. The fourth-order valence-corrected chi connectivity index (χ4v) is 3.13. The summed E-state index contributed by atoms with van der Waals surface area (Å²) in [6, 6.07) is 3.21. The van der Waals surface area contributed by atoms with Crippen LogP contribution in [0.2, 0.25) is 5.02 Å². The Morgan fingerprint density at radius 1 is 1.30 bits per heavy atom. The Morgan fingerprint density at radius 3 is 2.87 bits per heavy atom. The van der Waals surface area contributed by atoms with E-state index in [1.54, 1.807) is 18.2 Å². The first-order chi connectivity index (χ1) is 11.1. The summed E-state index contributed by atoms with van der Waals surface area (Å²) in [5.74, 6) is 0.561. The molecule has 23 heavy (non-hydrogen) atoms. The van der Waals surface area contributed by atoms with E-state index in [1.165, 1.54) is 19.3 Å². The van der Waals surface area contributed by atoms with Crippen molar-refractivity contribution >= 4 is 34.8 Å². The molecular weight excluding hydrogens is 316 g/mol. The zero-order chi connectivity index (χ0) is 16.2. The van der Waals surface area contributed by atoms with E-state index >= 15 is 0 Å². The summed E-state index contributed by atoms with van der Waals surface area (Å²) in [5.41, 5.74) is 0.988. The molecule has 1 aliphatic carbocycles. The molecule has 0 aromatic heterocycles. The average molecular weight is 335 g/mol. The minimum absolute atomic E-state index is 0.0381. The van der Waals surface area contributed by atoms with Crippen molar-refractivity contribution in [1.82, 2.24) is 0 Å². The summed E-state index contributed by atoms with van der Waals surface area (Å²) >= 11 is 6.16. The number of carbonyl (C=O) groups is 2. The molecule has 1 aromatic carbocycles. The van der Waals surface area contributed by atoms with E-state index in [9.17, 15) is 9.59 Å². The van der Waals surface area contributed by atoms with Gasteiger partial charge in [-0.2, -0.15) is 0 Å². The minimum Gasteiger partial charge on any atom is -0.482 e. The lowest BCUT2D eigenvalue weighted by Gasteiger charge is -2.19. The molecule has 0 radical (unpaired) electrons. The van der Waals surface area contributed by atoms with Crippen LogP contribution in [0.1, 0.15) is 32.1 Å². The van der Waals surface area contributed by atoms with E-state index in [-0.39, 0.29) is 18.4 Å². The van der Waals surface area contributed by atoms with Gasteiger partial charge in [-0.3, -0.25) is 9.59 Å². The third-order valence-electron chi connectivity index (χ3n) is 4.13. The first-order valence-corrected chi connectivity index (χ1v) is 8.25. The zero-order valence-corrected chi connectivity index (χ0v) is 13.5. The molecule has 6 heteroatoms. The van der Waals surface area contributed by atoms with Crippen molar-refractivity contribution in [3.8, 4) is 5.75 Å². The van der Waals surface area contributed by atoms with Gasteiger partial charge in [0.15, 0.2) is 6.61 Å². The largest absolute Gasteiger partial charge is 0.482 e. The Morgan fingerprint density at radius 2 is 2.09 bits per heavy atom. The molecule has 3 rings (SSSR count). The van der Waals surface area contributed by atoms with E-state index in [1.807, 2.05) is 6.08 Å². The normalized spacial score (nSPS) is 18.2. The molecule has 0 unspecified atom stereocenters. The fourth-order valence-electron chi connectivity index (χ4n) is 2.92. The standard InChI is InChI=1S/C17H19ClN2O3/c18-12-8-14-15(23-10-17(22)20-14)9-13(12)19-16(21)7-6-11-4-2-1-3-5-11/h6-9,11H,1-5,10H2,(H,19,21)(H,20,22)/b7-6+. The number of carbonyl (C=O) groups excluding carboxylic acids is 2. The van der Waals surface area contributed by atoms with Gasteiger partial charge in [-0.05, 0) is 30.9 Å². The molecule has 0 spiro atoms. The fraction of sp³-hybridized carbons (Fsp3) is 0.412. The van der Waals surface area contributed by atoms with Crippen LogP contribution >= 0.6 is 11.6 Å². The highest BCUT2D eigenvalue weighted by Crippen LogP contribution is 2.36. The lowest BCUT2D eigenvalue weighted by atomic mass is 9.89. The number of rotatable bonds is 3.